The maximum atomic E-state index is 12.7. The summed E-state index contributed by atoms with van der Waals surface area (Å²) in [5.74, 6) is 1.31. The number of carbonyl (C=O) groups is 1. The van der Waals surface area contributed by atoms with Crippen LogP contribution < -0.4 is 0 Å². The minimum atomic E-state index is 0.101. The lowest BCUT2D eigenvalue weighted by atomic mass is 10.2. The van der Waals surface area contributed by atoms with Crippen molar-refractivity contribution in [1.29, 1.82) is 0 Å². The molecule has 1 amide bonds. The molecule has 4 heteroatoms. The van der Waals surface area contributed by atoms with Crippen molar-refractivity contribution in [3.8, 4) is 0 Å². The summed E-state index contributed by atoms with van der Waals surface area (Å²) in [6.07, 6.45) is 1.64. The van der Waals surface area contributed by atoms with Crippen LogP contribution in [0.1, 0.15) is 11.3 Å². The van der Waals surface area contributed by atoms with Crippen molar-refractivity contribution in [1.82, 2.24) is 4.90 Å². The summed E-state index contributed by atoms with van der Waals surface area (Å²) in [5, 5.41) is 0. The third kappa shape index (κ3) is 4.77. The zero-order valence-corrected chi connectivity index (χ0v) is 14.1. The molecule has 1 heterocycles. The summed E-state index contributed by atoms with van der Waals surface area (Å²) in [6.45, 7) is 1.06. The fourth-order valence-corrected chi connectivity index (χ4v) is 3.20. The van der Waals surface area contributed by atoms with Gasteiger partial charge in [0.05, 0.1) is 18.6 Å². The zero-order chi connectivity index (χ0) is 16.6. The number of amides is 1. The summed E-state index contributed by atoms with van der Waals surface area (Å²) in [7, 11) is 0. The molecule has 0 N–H and O–H groups in total. The lowest BCUT2D eigenvalue weighted by Gasteiger charge is -2.22. The summed E-state index contributed by atoms with van der Waals surface area (Å²) >= 11 is 1.56. The third-order valence-corrected chi connectivity index (χ3v) is 4.60. The Labute approximate surface area is 146 Å². The van der Waals surface area contributed by atoms with Crippen LogP contribution in [-0.2, 0) is 17.9 Å². The van der Waals surface area contributed by atoms with E-state index in [1.54, 1.807) is 18.0 Å². The van der Waals surface area contributed by atoms with Gasteiger partial charge in [0.15, 0.2) is 0 Å². The molecule has 3 rings (SSSR count). The molecular formula is C20H19NO2S. The molecule has 3 nitrogen and oxygen atoms in total. The number of rotatable bonds is 7. The van der Waals surface area contributed by atoms with Crippen LogP contribution in [0.2, 0.25) is 0 Å². The second-order valence-electron chi connectivity index (χ2n) is 5.42. The van der Waals surface area contributed by atoms with Crippen molar-refractivity contribution in [2.75, 3.05) is 5.75 Å². The Bertz CT molecular complexity index is 742. The minimum Gasteiger partial charge on any atom is -0.467 e. The van der Waals surface area contributed by atoms with E-state index in [-0.39, 0.29) is 5.91 Å². The molecule has 0 aliphatic heterocycles. The molecule has 122 valence electrons. The smallest absolute Gasteiger partial charge is 0.233 e. The van der Waals surface area contributed by atoms with Crippen molar-refractivity contribution in [2.24, 2.45) is 0 Å². The third-order valence-electron chi connectivity index (χ3n) is 3.60. The molecule has 0 bridgehead atoms. The first-order chi connectivity index (χ1) is 11.8. The predicted molar refractivity (Wildman–Crippen MR) is 96.6 cm³/mol. The first kappa shape index (κ1) is 16.4. The number of furan rings is 1. The molecule has 2 aromatic carbocycles. The molecule has 0 atom stereocenters. The van der Waals surface area contributed by atoms with Crippen LogP contribution in [0.15, 0.2) is 88.4 Å². The highest BCUT2D eigenvalue weighted by Gasteiger charge is 2.16. The van der Waals surface area contributed by atoms with Crippen LogP contribution >= 0.6 is 11.8 Å². The Hall–Kier alpha value is -2.46. The van der Waals surface area contributed by atoms with Gasteiger partial charge in [-0.1, -0.05) is 48.5 Å². The maximum Gasteiger partial charge on any atom is 0.233 e. The van der Waals surface area contributed by atoms with Crippen molar-refractivity contribution in [3.63, 3.8) is 0 Å². The highest BCUT2D eigenvalue weighted by Crippen LogP contribution is 2.19. The fourth-order valence-electron chi connectivity index (χ4n) is 2.38. The Morgan fingerprint density at radius 1 is 0.875 bits per heavy atom. The molecular weight excluding hydrogens is 318 g/mol. The highest BCUT2D eigenvalue weighted by molar-refractivity contribution is 8.00. The van der Waals surface area contributed by atoms with Crippen molar-refractivity contribution in [3.05, 3.63) is 90.4 Å². The number of carbonyl (C=O) groups excluding carboxylic acids is 1. The number of hydrogen-bond acceptors (Lipinski definition) is 3. The fraction of sp³-hybridized carbons (Fsp3) is 0.150. The van der Waals surface area contributed by atoms with Crippen molar-refractivity contribution in [2.45, 2.75) is 18.0 Å². The van der Waals surface area contributed by atoms with Gasteiger partial charge < -0.3 is 9.32 Å². The largest absolute Gasteiger partial charge is 0.467 e. The van der Waals surface area contributed by atoms with Crippen LogP contribution in [0.4, 0.5) is 0 Å². The van der Waals surface area contributed by atoms with Gasteiger partial charge in [-0.2, -0.15) is 0 Å². The van der Waals surface area contributed by atoms with Crippen LogP contribution in [0.3, 0.4) is 0 Å². The van der Waals surface area contributed by atoms with E-state index in [0.717, 1.165) is 16.2 Å². The molecule has 0 aliphatic carbocycles. The Morgan fingerprint density at radius 3 is 2.25 bits per heavy atom. The number of hydrogen-bond donors (Lipinski definition) is 0. The van der Waals surface area contributed by atoms with E-state index in [9.17, 15) is 4.79 Å². The monoisotopic (exact) mass is 337 g/mol. The minimum absolute atomic E-state index is 0.101. The average Bonchev–Trinajstić information content (AvgIpc) is 3.14. The summed E-state index contributed by atoms with van der Waals surface area (Å²) in [4.78, 5) is 15.6. The number of thioether (sulfide) groups is 1. The van der Waals surface area contributed by atoms with Gasteiger partial charge in [-0.05, 0) is 29.8 Å². The van der Waals surface area contributed by atoms with Gasteiger partial charge in [-0.25, -0.2) is 0 Å². The SMILES string of the molecule is O=C(CSc1ccccc1)N(Cc1ccccc1)Cc1ccco1. The quantitative estimate of drug-likeness (QED) is 0.591. The predicted octanol–water partition coefficient (Wildman–Crippen LogP) is 4.60. The molecule has 24 heavy (non-hydrogen) atoms. The topological polar surface area (TPSA) is 33.5 Å². The Kier molecular flexibility index (Phi) is 5.75. The molecule has 0 saturated heterocycles. The van der Waals surface area contributed by atoms with Gasteiger partial charge in [-0.15, -0.1) is 11.8 Å². The average molecular weight is 337 g/mol. The molecule has 0 unspecified atom stereocenters. The Morgan fingerprint density at radius 2 is 1.58 bits per heavy atom. The molecule has 0 saturated carbocycles. The Balaban J connectivity index is 1.67. The van der Waals surface area contributed by atoms with Gasteiger partial charge in [0.2, 0.25) is 5.91 Å². The first-order valence-electron chi connectivity index (χ1n) is 7.83. The molecule has 1 aromatic heterocycles. The standard InChI is InChI=1S/C20H19NO2S/c22-20(16-24-19-11-5-2-6-12-19)21(15-18-10-7-13-23-18)14-17-8-3-1-4-9-17/h1-13H,14-16H2. The zero-order valence-electron chi connectivity index (χ0n) is 13.3. The molecule has 0 aliphatic rings. The summed E-state index contributed by atoms with van der Waals surface area (Å²) in [6, 6.07) is 23.8. The molecule has 0 spiro atoms. The molecule has 0 fully saturated rings. The molecule has 3 aromatic rings. The lowest BCUT2D eigenvalue weighted by molar-refractivity contribution is -0.129. The van der Waals surface area contributed by atoms with Crippen LogP contribution in [0, 0.1) is 0 Å². The normalized spacial score (nSPS) is 10.5. The lowest BCUT2D eigenvalue weighted by Crippen LogP contribution is -2.31. The van der Waals surface area contributed by atoms with E-state index in [0.29, 0.717) is 18.8 Å². The van der Waals surface area contributed by atoms with Gasteiger partial charge in [-0.3, -0.25) is 4.79 Å². The van der Waals surface area contributed by atoms with E-state index in [4.69, 9.17) is 4.42 Å². The van der Waals surface area contributed by atoms with Gasteiger partial charge >= 0.3 is 0 Å². The van der Waals surface area contributed by atoms with E-state index in [1.165, 1.54) is 0 Å². The van der Waals surface area contributed by atoms with Crippen LogP contribution in [0.25, 0.3) is 0 Å². The second kappa shape index (κ2) is 8.41. The van der Waals surface area contributed by atoms with Gasteiger partial charge in [0, 0.05) is 11.4 Å². The van der Waals surface area contributed by atoms with Crippen LogP contribution in [-0.4, -0.2) is 16.6 Å². The van der Waals surface area contributed by atoms with Gasteiger partial charge in [0.1, 0.15) is 5.76 Å². The first-order valence-corrected chi connectivity index (χ1v) is 8.82. The van der Waals surface area contributed by atoms with Crippen molar-refractivity contribution >= 4 is 17.7 Å². The second-order valence-corrected chi connectivity index (χ2v) is 6.47. The van der Waals surface area contributed by atoms with E-state index < -0.39 is 0 Å². The number of nitrogens with zero attached hydrogens (tertiary/aromatic N) is 1. The molecule has 0 radical (unpaired) electrons. The summed E-state index contributed by atoms with van der Waals surface area (Å²) < 4.78 is 5.41. The van der Waals surface area contributed by atoms with E-state index >= 15 is 0 Å². The maximum absolute atomic E-state index is 12.7. The van der Waals surface area contributed by atoms with Crippen LogP contribution in [0.5, 0.6) is 0 Å². The van der Waals surface area contributed by atoms with Crippen molar-refractivity contribution < 1.29 is 9.21 Å². The number of benzene rings is 2. The van der Waals surface area contributed by atoms with E-state index in [1.807, 2.05) is 77.7 Å². The van der Waals surface area contributed by atoms with Gasteiger partial charge in [0.25, 0.3) is 0 Å². The summed E-state index contributed by atoms with van der Waals surface area (Å²) in [5.41, 5.74) is 1.11. The van der Waals surface area contributed by atoms with E-state index in [2.05, 4.69) is 0 Å². The highest BCUT2D eigenvalue weighted by atomic mass is 32.2.